The molecular weight excluding hydrogens is 194 g/mol. The van der Waals surface area contributed by atoms with Crippen LogP contribution in [0.2, 0.25) is 0 Å². The third kappa shape index (κ3) is 2.18. The van der Waals surface area contributed by atoms with Gasteiger partial charge in [0.2, 0.25) is 5.91 Å². The Morgan fingerprint density at radius 3 is 3.00 bits per heavy atom. The Bertz CT molecular complexity index is 361. The van der Waals surface area contributed by atoms with Gasteiger partial charge < -0.3 is 10.0 Å². The van der Waals surface area contributed by atoms with Crippen molar-refractivity contribution in [2.24, 2.45) is 13.0 Å². The number of amides is 1. The number of aliphatic hydroxyl groups is 1. The molecule has 5 nitrogen and oxygen atoms in total. The van der Waals surface area contributed by atoms with Gasteiger partial charge in [0.05, 0.1) is 12.2 Å². The van der Waals surface area contributed by atoms with E-state index in [9.17, 15) is 4.79 Å². The molecule has 2 rings (SSSR count). The van der Waals surface area contributed by atoms with Crippen molar-refractivity contribution in [1.29, 1.82) is 0 Å². The Balaban J connectivity index is 1.98. The molecule has 15 heavy (non-hydrogen) atoms. The van der Waals surface area contributed by atoms with E-state index in [-0.39, 0.29) is 18.4 Å². The van der Waals surface area contributed by atoms with Crippen molar-refractivity contribution < 1.29 is 9.90 Å². The molecule has 1 N–H and O–H groups in total. The van der Waals surface area contributed by atoms with Crippen LogP contribution in [-0.2, 0) is 18.4 Å². The molecule has 1 fully saturated rings. The maximum absolute atomic E-state index is 11.5. The zero-order chi connectivity index (χ0) is 10.8. The lowest BCUT2D eigenvalue weighted by molar-refractivity contribution is -0.128. The minimum absolute atomic E-state index is 0.0878. The van der Waals surface area contributed by atoms with E-state index in [0.717, 1.165) is 5.69 Å². The summed E-state index contributed by atoms with van der Waals surface area (Å²) in [7, 11) is 1.85. The SMILES string of the molecule is Cn1ccc(CN2CC(CO)CC2=O)n1. The van der Waals surface area contributed by atoms with Crippen molar-refractivity contribution in [3.05, 3.63) is 18.0 Å². The molecule has 1 atom stereocenters. The molecule has 1 aromatic rings. The molecule has 0 radical (unpaired) electrons. The Morgan fingerprint density at radius 2 is 2.47 bits per heavy atom. The van der Waals surface area contributed by atoms with Crippen LogP contribution in [0.15, 0.2) is 12.3 Å². The number of nitrogens with zero attached hydrogens (tertiary/aromatic N) is 3. The summed E-state index contributed by atoms with van der Waals surface area (Å²) in [6.45, 7) is 1.28. The molecule has 2 heterocycles. The summed E-state index contributed by atoms with van der Waals surface area (Å²) in [5.41, 5.74) is 0.893. The predicted molar refractivity (Wildman–Crippen MR) is 53.8 cm³/mol. The summed E-state index contributed by atoms with van der Waals surface area (Å²) in [5.74, 6) is 0.209. The molecular formula is C10H15N3O2. The van der Waals surface area contributed by atoms with Gasteiger partial charge in [-0.15, -0.1) is 0 Å². The summed E-state index contributed by atoms with van der Waals surface area (Å²) in [6.07, 6.45) is 2.32. The van der Waals surface area contributed by atoms with Crippen molar-refractivity contribution in [1.82, 2.24) is 14.7 Å². The standard InChI is InChI=1S/C10H15N3O2/c1-12-3-2-9(11-12)6-13-5-8(7-14)4-10(13)15/h2-3,8,14H,4-7H2,1H3. The van der Waals surface area contributed by atoms with E-state index in [4.69, 9.17) is 5.11 Å². The number of rotatable bonds is 3. The van der Waals surface area contributed by atoms with Crippen molar-refractivity contribution in [2.45, 2.75) is 13.0 Å². The smallest absolute Gasteiger partial charge is 0.223 e. The maximum Gasteiger partial charge on any atom is 0.223 e. The molecule has 5 heteroatoms. The van der Waals surface area contributed by atoms with E-state index < -0.39 is 0 Å². The van der Waals surface area contributed by atoms with Gasteiger partial charge >= 0.3 is 0 Å². The highest BCUT2D eigenvalue weighted by Gasteiger charge is 2.29. The van der Waals surface area contributed by atoms with Gasteiger partial charge in [-0.25, -0.2) is 0 Å². The van der Waals surface area contributed by atoms with Gasteiger partial charge in [-0.3, -0.25) is 9.48 Å². The number of aromatic nitrogens is 2. The average Bonchev–Trinajstić information content (AvgIpc) is 2.75. The van der Waals surface area contributed by atoms with Crippen molar-refractivity contribution in [3.63, 3.8) is 0 Å². The van der Waals surface area contributed by atoms with E-state index in [1.54, 1.807) is 9.58 Å². The zero-order valence-corrected chi connectivity index (χ0v) is 8.76. The fourth-order valence-corrected chi connectivity index (χ4v) is 1.87. The largest absolute Gasteiger partial charge is 0.396 e. The van der Waals surface area contributed by atoms with Crippen LogP contribution in [-0.4, -0.2) is 38.8 Å². The molecule has 1 aliphatic rings. The van der Waals surface area contributed by atoms with Crippen LogP contribution in [0.25, 0.3) is 0 Å². The molecule has 0 spiro atoms. The normalized spacial score (nSPS) is 21.3. The molecule has 0 aromatic carbocycles. The summed E-state index contributed by atoms with van der Waals surface area (Å²) in [6, 6.07) is 1.90. The van der Waals surface area contributed by atoms with Gasteiger partial charge in [0.15, 0.2) is 0 Å². The van der Waals surface area contributed by atoms with Gasteiger partial charge in [-0.1, -0.05) is 0 Å². The summed E-state index contributed by atoms with van der Waals surface area (Å²) >= 11 is 0. The molecule has 82 valence electrons. The second-order valence-corrected chi connectivity index (χ2v) is 4.01. The minimum Gasteiger partial charge on any atom is -0.396 e. The lowest BCUT2D eigenvalue weighted by Crippen LogP contribution is -2.25. The van der Waals surface area contributed by atoms with Crippen LogP contribution in [0.4, 0.5) is 0 Å². The fourth-order valence-electron chi connectivity index (χ4n) is 1.87. The molecule has 1 saturated heterocycles. The predicted octanol–water partition coefficient (Wildman–Crippen LogP) is -0.239. The number of hydrogen-bond donors (Lipinski definition) is 1. The Labute approximate surface area is 88.3 Å². The molecule has 0 bridgehead atoms. The number of likely N-dealkylation sites (tertiary alicyclic amines) is 1. The monoisotopic (exact) mass is 209 g/mol. The van der Waals surface area contributed by atoms with Crippen LogP contribution < -0.4 is 0 Å². The lowest BCUT2D eigenvalue weighted by atomic mass is 10.1. The highest BCUT2D eigenvalue weighted by molar-refractivity contribution is 5.78. The first-order chi connectivity index (χ1) is 7.19. The van der Waals surface area contributed by atoms with Crippen LogP contribution in [0.5, 0.6) is 0 Å². The maximum atomic E-state index is 11.5. The molecule has 1 unspecified atom stereocenters. The first-order valence-electron chi connectivity index (χ1n) is 5.06. The topological polar surface area (TPSA) is 58.4 Å². The molecule has 1 amide bonds. The van der Waals surface area contributed by atoms with Crippen LogP contribution >= 0.6 is 0 Å². The second kappa shape index (κ2) is 4.02. The lowest BCUT2D eigenvalue weighted by Gasteiger charge is -2.14. The van der Waals surface area contributed by atoms with Gasteiger partial charge in [0.25, 0.3) is 0 Å². The van der Waals surface area contributed by atoms with E-state index in [0.29, 0.717) is 19.5 Å². The number of aliphatic hydroxyl groups excluding tert-OH is 1. The molecule has 1 aliphatic heterocycles. The fraction of sp³-hybridized carbons (Fsp3) is 0.600. The van der Waals surface area contributed by atoms with Gasteiger partial charge in [0.1, 0.15) is 0 Å². The Hall–Kier alpha value is -1.36. The second-order valence-electron chi connectivity index (χ2n) is 4.01. The van der Waals surface area contributed by atoms with Crippen LogP contribution in [0.1, 0.15) is 12.1 Å². The van der Waals surface area contributed by atoms with Gasteiger partial charge in [-0.2, -0.15) is 5.10 Å². The number of carbonyl (C=O) groups excluding carboxylic acids is 1. The third-order valence-electron chi connectivity index (χ3n) is 2.67. The number of hydrogen-bond acceptors (Lipinski definition) is 3. The van der Waals surface area contributed by atoms with E-state index in [1.807, 2.05) is 19.3 Å². The van der Waals surface area contributed by atoms with Gasteiger partial charge in [0, 0.05) is 38.7 Å². The summed E-state index contributed by atoms with van der Waals surface area (Å²) in [4.78, 5) is 13.3. The number of aryl methyl sites for hydroxylation is 1. The van der Waals surface area contributed by atoms with E-state index >= 15 is 0 Å². The Morgan fingerprint density at radius 1 is 1.67 bits per heavy atom. The first kappa shape index (κ1) is 10.2. The summed E-state index contributed by atoms with van der Waals surface area (Å²) in [5, 5.41) is 13.2. The van der Waals surface area contributed by atoms with E-state index in [2.05, 4.69) is 5.10 Å². The van der Waals surface area contributed by atoms with Crippen molar-refractivity contribution in [3.8, 4) is 0 Å². The highest BCUT2D eigenvalue weighted by Crippen LogP contribution is 2.18. The minimum atomic E-state index is 0.0878. The molecule has 0 aliphatic carbocycles. The third-order valence-corrected chi connectivity index (χ3v) is 2.67. The van der Waals surface area contributed by atoms with Crippen LogP contribution in [0, 0.1) is 5.92 Å². The van der Waals surface area contributed by atoms with Gasteiger partial charge in [-0.05, 0) is 6.07 Å². The van der Waals surface area contributed by atoms with Crippen LogP contribution in [0.3, 0.4) is 0 Å². The quantitative estimate of drug-likeness (QED) is 0.747. The van der Waals surface area contributed by atoms with Crippen molar-refractivity contribution in [2.75, 3.05) is 13.2 Å². The summed E-state index contributed by atoms with van der Waals surface area (Å²) < 4.78 is 1.72. The molecule has 0 saturated carbocycles. The Kier molecular flexibility index (Phi) is 2.73. The molecule has 1 aromatic heterocycles. The first-order valence-corrected chi connectivity index (χ1v) is 5.06. The zero-order valence-electron chi connectivity index (χ0n) is 8.76. The van der Waals surface area contributed by atoms with Crippen molar-refractivity contribution >= 4 is 5.91 Å². The highest BCUT2D eigenvalue weighted by atomic mass is 16.3. The number of carbonyl (C=O) groups is 1. The average molecular weight is 209 g/mol. The van der Waals surface area contributed by atoms with E-state index in [1.165, 1.54) is 0 Å².